The molecule has 2 heterocycles. The number of hydrogen-bond acceptors (Lipinski definition) is 5. The molecule has 0 aliphatic heterocycles. The second-order valence-electron chi connectivity index (χ2n) is 4.25. The van der Waals surface area contributed by atoms with E-state index < -0.39 is 10.0 Å². The third kappa shape index (κ3) is 3.27. The zero-order valence-electron chi connectivity index (χ0n) is 10.8. The smallest absolute Gasteiger partial charge is 0.273 e. The molecule has 3 rings (SSSR count). The standard InChI is InChI=1S/C13H8Cl2N2O3S2/c14-9-3-1-8(2-4-9)10-7-12(20-16-10)17-22(18,19)13-6-5-11(15)21-13/h1-7,17H. The summed E-state index contributed by atoms with van der Waals surface area (Å²) in [5, 5.41) is 4.43. The van der Waals surface area contributed by atoms with Gasteiger partial charge in [-0.2, -0.15) is 0 Å². The molecule has 3 aromatic rings. The molecule has 0 fully saturated rings. The van der Waals surface area contributed by atoms with Gasteiger partial charge in [0.25, 0.3) is 10.0 Å². The average molecular weight is 375 g/mol. The Labute approximate surface area is 140 Å². The van der Waals surface area contributed by atoms with Crippen molar-refractivity contribution < 1.29 is 12.9 Å². The molecule has 0 radical (unpaired) electrons. The highest BCUT2D eigenvalue weighted by atomic mass is 35.5. The number of anilines is 1. The molecule has 114 valence electrons. The van der Waals surface area contributed by atoms with Crippen LogP contribution in [-0.2, 0) is 10.0 Å². The van der Waals surface area contributed by atoms with Crippen LogP contribution in [0.4, 0.5) is 5.88 Å². The number of aromatic nitrogens is 1. The van der Waals surface area contributed by atoms with Crippen LogP contribution in [0.25, 0.3) is 11.3 Å². The molecule has 0 amide bonds. The van der Waals surface area contributed by atoms with Gasteiger partial charge in [0, 0.05) is 16.7 Å². The van der Waals surface area contributed by atoms with Gasteiger partial charge in [-0.25, -0.2) is 13.1 Å². The molecule has 0 aliphatic rings. The summed E-state index contributed by atoms with van der Waals surface area (Å²) in [4.78, 5) is 0. The lowest BCUT2D eigenvalue weighted by molar-refractivity contribution is 0.438. The van der Waals surface area contributed by atoms with Crippen LogP contribution in [0, 0.1) is 0 Å². The van der Waals surface area contributed by atoms with Crippen LogP contribution < -0.4 is 4.72 Å². The third-order valence-electron chi connectivity index (χ3n) is 2.70. The molecule has 0 bridgehead atoms. The molecule has 9 heteroatoms. The van der Waals surface area contributed by atoms with Crippen molar-refractivity contribution in [2.24, 2.45) is 0 Å². The van der Waals surface area contributed by atoms with Crippen molar-refractivity contribution in [1.82, 2.24) is 5.16 Å². The fraction of sp³-hybridized carbons (Fsp3) is 0. The van der Waals surface area contributed by atoms with E-state index in [1.807, 2.05) is 0 Å². The first-order chi connectivity index (χ1) is 10.4. The summed E-state index contributed by atoms with van der Waals surface area (Å²) >= 11 is 12.5. The van der Waals surface area contributed by atoms with E-state index in [9.17, 15) is 8.42 Å². The zero-order valence-corrected chi connectivity index (χ0v) is 13.9. The Morgan fingerprint density at radius 1 is 1.09 bits per heavy atom. The predicted molar refractivity (Wildman–Crippen MR) is 87.1 cm³/mol. The van der Waals surface area contributed by atoms with Gasteiger partial charge < -0.3 is 4.52 Å². The van der Waals surface area contributed by atoms with Crippen molar-refractivity contribution >= 4 is 50.4 Å². The molecule has 0 aliphatic carbocycles. The van der Waals surface area contributed by atoms with Crippen LogP contribution in [0.15, 0.2) is 51.2 Å². The van der Waals surface area contributed by atoms with Gasteiger partial charge in [0.15, 0.2) is 0 Å². The molecule has 2 aromatic heterocycles. The summed E-state index contributed by atoms with van der Waals surface area (Å²) in [5.41, 5.74) is 1.26. The summed E-state index contributed by atoms with van der Waals surface area (Å²) in [6.45, 7) is 0. The number of sulfonamides is 1. The fourth-order valence-electron chi connectivity index (χ4n) is 1.70. The van der Waals surface area contributed by atoms with E-state index in [0.717, 1.165) is 16.9 Å². The minimum atomic E-state index is -3.74. The fourth-order valence-corrected chi connectivity index (χ4v) is 4.29. The predicted octanol–water partition coefficient (Wildman–Crippen LogP) is 4.51. The number of halogens is 2. The minimum absolute atomic E-state index is 0.0227. The third-order valence-corrected chi connectivity index (χ3v) is 6.02. The molecule has 5 nitrogen and oxygen atoms in total. The van der Waals surface area contributed by atoms with E-state index >= 15 is 0 Å². The highest BCUT2D eigenvalue weighted by molar-refractivity contribution is 7.94. The average Bonchev–Trinajstić information content (AvgIpc) is 3.09. The van der Waals surface area contributed by atoms with E-state index in [2.05, 4.69) is 9.88 Å². The Hall–Kier alpha value is -1.54. The number of nitrogens with one attached hydrogen (secondary N) is 1. The molecule has 0 atom stereocenters. The summed E-state index contributed by atoms with van der Waals surface area (Å²) < 4.78 is 32.1. The maximum atomic E-state index is 12.1. The normalized spacial score (nSPS) is 11.5. The molecule has 0 unspecified atom stereocenters. The summed E-state index contributed by atoms with van der Waals surface area (Å²) in [6, 6.07) is 11.4. The Balaban J connectivity index is 1.84. The second kappa shape index (κ2) is 5.92. The van der Waals surface area contributed by atoms with E-state index in [4.69, 9.17) is 27.7 Å². The number of nitrogens with zero attached hydrogens (tertiary/aromatic N) is 1. The van der Waals surface area contributed by atoms with E-state index in [-0.39, 0.29) is 10.1 Å². The second-order valence-corrected chi connectivity index (χ2v) is 8.31. The lowest BCUT2D eigenvalue weighted by Crippen LogP contribution is -2.10. The first-order valence-corrected chi connectivity index (χ1v) is 9.00. The van der Waals surface area contributed by atoms with Crippen LogP contribution in [0.5, 0.6) is 0 Å². The van der Waals surface area contributed by atoms with Gasteiger partial charge in [-0.15, -0.1) is 11.3 Å². The van der Waals surface area contributed by atoms with E-state index in [1.54, 1.807) is 24.3 Å². The van der Waals surface area contributed by atoms with Crippen molar-refractivity contribution in [2.75, 3.05) is 4.72 Å². The number of benzene rings is 1. The monoisotopic (exact) mass is 374 g/mol. The molecule has 22 heavy (non-hydrogen) atoms. The molecule has 0 saturated heterocycles. The first-order valence-electron chi connectivity index (χ1n) is 5.95. The topological polar surface area (TPSA) is 72.2 Å². The number of hydrogen-bond donors (Lipinski definition) is 1. The van der Waals surface area contributed by atoms with Crippen LogP contribution in [0.1, 0.15) is 0 Å². The van der Waals surface area contributed by atoms with Crippen molar-refractivity contribution in [3.05, 3.63) is 51.8 Å². The molecule has 1 N–H and O–H groups in total. The highest BCUT2D eigenvalue weighted by Crippen LogP contribution is 2.29. The van der Waals surface area contributed by atoms with Crippen molar-refractivity contribution in [2.45, 2.75) is 4.21 Å². The molecule has 0 spiro atoms. The van der Waals surface area contributed by atoms with Crippen molar-refractivity contribution in [3.63, 3.8) is 0 Å². The first kappa shape index (κ1) is 15.4. The van der Waals surface area contributed by atoms with Gasteiger partial charge in [0.05, 0.1) is 4.34 Å². The summed E-state index contributed by atoms with van der Waals surface area (Å²) in [7, 11) is -3.74. The van der Waals surface area contributed by atoms with Gasteiger partial charge in [0.2, 0.25) is 5.88 Å². The minimum Gasteiger partial charge on any atom is -0.337 e. The maximum absolute atomic E-state index is 12.1. The van der Waals surface area contributed by atoms with Crippen LogP contribution in [-0.4, -0.2) is 13.6 Å². The summed E-state index contributed by atoms with van der Waals surface area (Å²) in [5.74, 6) is 0.0227. The van der Waals surface area contributed by atoms with E-state index in [0.29, 0.717) is 15.1 Å². The molecular formula is C13H8Cl2N2O3S2. The highest BCUT2D eigenvalue weighted by Gasteiger charge is 2.19. The number of thiophene rings is 1. The number of rotatable bonds is 4. The Morgan fingerprint density at radius 3 is 2.45 bits per heavy atom. The largest absolute Gasteiger partial charge is 0.337 e. The van der Waals surface area contributed by atoms with Gasteiger partial charge in [-0.3, -0.25) is 0 Å². The van der Waals surface area contributed by atoms with E-state index in [1.165, 1.54) is 18.2 Å². The van der Waals surface area contributed by atoms with Crippen LogP contribution in [0.2, 0.25) is 9.36 Å². The molecule has 1 aromatic carbocycles. The quantitative estimate of drug-likeness (QED) is 0.728. The summed E-state index contributed by atoms with van der Waals surface area (Å²) in [6.07, 6.45) is 0. The Bertz CT molecular complexity index is 902. The van der Waals surface area contributed by atoms with Gasteiger partial charge in [0.1, 0.15) is 9.90 Å². The molecule has 0 saturated carbocycles. The lowest BCUT2D eigenvalue weighted by Gasteiger charge is -2.00. The van der Waals surface area contributed by atoms with Gasteiger partial charge in [-0.1, -0.05) is 40.5 Å². The van der Waals surface area contributed by atoms with Gasteiger partial charge >= 0.3 is 0 Å². The Kier molecular flexibility index (Phi) is 4.14. The van der Waals surface area contributed by atoms with Crippen LogP contribution in [0.3, 0.4) is 0 Å². The molecular weight excluding hydrogens is 367 g/mol. The zero-order chi connectivity index (χ0) is 15.7. The van der Waals surface area contributed by atoms with Crippen molar-refractivity contribution in [3.8, 4) is 11.3 Å². The Morgan fingerprint density at radius 2 is 1.82 bits per heavy atom. The SMILES string of the molecule is O=S(=O)(Nc1cc(-c2ccc(Cl)cc2)no1)c1ccc(Cl)s1. The van der Waals surface area contributed by atoms with Crippen molar-refractivity contribution in [1.29, 1.82) is 0 Å². The van der Waals surface area contributed by atoms with Gasteiger partial charge in [-0.05, 0) is 24.3 Å². The lowest BCUT2D eigenvalue weighted by atomic mass is 10.1. The maximum Gasteiger partial charge on any atom is 0.273 e. The van der Waals surface area contributed by atoms with Crippen LogP contribution >= 0.6 is 34.5 Å².